The van der Waals surface area contributed by atoms with Crippen molar-refractivity contribution >= 4 is 29.3 Å². The summed E-state index contributed by atoms with van der Waals surface area (Å²) in [6.45, 7) is 1.36. The van der Waals surface area contributed by atoms with Gasteiger partial charge < -0.3 is 50.2 Å². The van der Waals surface area contributed by atoms with E-state index >= 15 is 0 Å². The van der Waals surface area contributed by atoms with Crippen molar-refractivity contribution in [3.05, 3.63) is 12.2 Å². The Balaban J connectivity index is 1.26. The molecule has 6 rings (SSSR count). The number of rotatable bonds is 12. The molecule has 3 aliphatic heterocycles. The maximum Gasteiger partial charge on any atom is 0.340 e. The molecule has 0 radical (unpaired) electrons. The normalized spacial score (nSPS) is 44.5. The molecule has 320 valence electrons. The summed E-state index contributed by atoms with van der Waals surface area (Å²) < 4.78 is 18.1. The number of amides is 2. The fourth-order valence-electron chi connectivity index (χ4n) is 10.9. The Morgan fingerprint density at radius 1 is 1.02 bits per heavy atom. The van der Waals surface area contributed by atoms with Crippen molar-refractivity contribution in [1.82, 2.24) is 10.2 Å². The van der Waals surface area contributed by atoms with Crippen molar-refractivity contribution in [2.75, 3.05) is 47.0 Å². The number of aliphatic hydroxyl groups excluding tert-OH is 5. The van der Waals surface area contributed by atoms with Gasteiger partial charge in [0.25, 0.3) is 11.8 Å². The lowest BCUT2D eigenvalue weighted by atomic mass is 9.51. The Hall–Kier alpha value is -2.95. The average molecular weight is 811 g/mol. The van der Waals surface area contributed by atoms with Crippen molar-refractivity contribution in [3.63, 3.8) is 0 Å². The third-order valence-electron chi connectivity index (χ3n) is 14.1. The largest absolute Gasteiger partial charge is 0.396 e. The number of carbonyl (C=O) groups excluding carboxylic acids is 4. The Kier molecular flexibility index (Phi) is 13.6. The summed E-state index contributed by atoms with van der Waals surface area (Å²) >= 11 is 0. The number of quaternary nitrogens is 1. The molecule has 6 aliphatic rings. The molecule has 57 heavy (non-hydrogen) atoms. The monoisotopic (exact) mass is 810 g/mol. The second kappa shape index (κ2) is 17.7. The lowest BCUT2D eigenvalue weighted by Gasteiger charge is -2.55. The van der Waals surface area contributed by atoms with Gasteiger partial charge in [0, 0.05) is 68.9 Å². The first kappa shape index (κ1) is 43.6. The van der Waals surface area contributed by atoms with E-state index in [1.54, 1.807) is 7.05 Å². The Morgan fingerprint density at radius 3 is 2.33 bits per heavy atom. The van der Waals surface area contributed by atoms with E-state index in [1.165, 1.54) is 7.11 Å². The second-order valence-corrected chi connectivity index (χ2v) is 17.1. The van der Waals surface area contributed by atoms with Gasteiger partial charge in [-0.05, 0) is 37.0 Å². The first-order chi connectivity index (χ1) is 27.1. The number of aliphatic hydroxyl groups is 6. The SMILES string of the molecule is C[NH+]=C(N)NCC1C(C)CC2C(=O)C3C(CO)C(OC)CC(OC4OC(CO)C(O)(CC(CN5C(=O)C=CC5=O)C5CC[NH2+]C(N)C5)C(O)C4O)C3C(=O)C2C1O. The molecule has 2 amide bonds. The number of ether oxygens (including phenoxy) is 3. The topological polar surface area (TPSA) is 315 Å². The number of nitrogens with one attached hydrogen (secondary N) is 2. The quantitative estimate of drug-likeness (QED) is 0.0496. The zero-order chi connectivity index (χ0) is 41.5. The van der Waals surface area contributed by atoms with Gasteiger partial charge in [-0.25, -0.2) is 0 Å². The number of Topliss-reactive ketones (excluding diaryl/α,β-unsaturated/α-hetero) is 2. The van der Waals surface area contributed by atoms with E-state index in [0.717, 1.165) is 17.1 Å². The van der Waals surface area contributed by atoms with Gasteiger partial charge in [-0.3, -0.25) is 45.9 Å². The number of ketones is 2. The molecular weight excluding hydrogens is 748 g/mol. The summed E-state index contributed by atoms with van der Waals surface area (Å²) in [5.41, 5.74) is 9.84. The molecule has 3 heterocycles. The van der Waals surface area contributed by atoms with Crippen LogP contribution in [-0.2, 0) is 33.4 Å². The van der Waals surface area contributed by atoms with Crippen LogP contribution >= 0.6 is 0 Å². The van der Waals surface area contributed by atoms with Crippen LogP contribution < -0.4 is 27.1 Å². The molecule has 19 heteroatoms. The molecule has 14 N–H and O–H groups in total. The van der Waals surface area contributed by atoms with Gasteiger partial charge in [0.2, 0.25) is 0 Å². The second-order valence-electron chi connectivity index (χ2n) is 17.1. The Bertz CT molecular complexity index is 1550. The molecule has 0 aromatic carbocycles. The number of fused-ring (bicyclic) bond motifs is 2. The van der Waals surface area contributed by atoms with Crippen LogP contribution in [0, 0.1) is 53.3 Å². The van der Waals surface area contributed by atoms with Crippen molar-refractivity contribution in [1.29, 1.82) is 0 Å². The number of piperidine rings is 1. The Labute approximate surface area is 331 Å². The number of nitrogens with zero attached hydrogens (tertiary/aromatic N) is 1. The van der Waals surface area contributed by atoms with Crippen molar-refractivity contribution in [2.45, 2.75) is 93.7 Å². The lowest BCUT2D eigenvalue weighted by molar-refractivity contribution is -0.699. The molecular formula is C38H62N6O13+2. The molecule has 3 aliphatic carbocycles. The molecule has 0 spiro atoms. The van der Waals surface area contributed by atoms with Crippen molar-refractivity contribution < 1.29 is 74.3 Å². The van der Waals surface area contributed by atoms with Gasteiger partial charge >= 0.3 is 5.96 Å². The maximum absolute atomic E-state index is 14.7. The summed E-state index contributed by atoms with van der Waals surface area (Å²) in [7, 11) is 3.04. The van der Waals surface area contributed by atoms with Gasteiger partial charge in [0.15, 0.2) is 6.29 Å². The lowest BCUT2D eigenvalue weighted by Crippen LogP contribution is -2.94. The molecule has 19 nitrogen and oxygen atoms in total. The van der Waals surface area contributed by atoms with E-state index in [4.69, 9.17) is 25.7 Å². The van der Waals surface area contributed by atoms with Crippen LogP contribution in [0.4, 0.5) is 0 Å². The minimum Gasteiger partial charge on any atom is -0.396 e. The molecule has 18 unspecified atom stereocenters. The number of hydrogen-bond donors (Lipinski definition) is 11. The predicted octanol–water partition coefficient (Wildman–Crippen LogP) is -6.99. The first-order valence-corrected chi connectivity index (χ1v) is 20.2. The zero-order valence-corrected chi connectivity index (χ0v) is 32.8. The van der Waals surface area contributed by atoms with Crippen LogP contribution in [0.3, 0.4) is 0 Å². The minimum atomic E-state index is -2.31. The van der Waals surface area contributed by atoms with Gasteiger partial charge in [0.1, 0.15) is 41.6 Å². The van der Waals surface area contributed by atoms with Crippen molar-refractivity contribution in [3.8, 4) is 0 Å². The maximum atomic E-state index is 14.7. The van der Waals surface area contributed by atoms with Crippen LogP contribution in [0.25, 0.3) is 0 Å². The van der Waals surface area contributed by atoms with Crippen LogP contribution in [0.15, 0.2) is 12.2 Å². The van der Waals surface area contributed by atoms with Crippen molar-refractivity contribution in [2.24, 2.45) is 64.7 Å². The van der Waals surface area contributed by atoms with Crippen LogP contribution in [0.1, 0.15) is 39.0 Å². The summed E-state index contributed by atoms with van der Waals surface area (Å²) in [5, 5.41) is 73.4. The highest BCUT2D eigenvalue weighted by Gasteiger charge is 2.64. The third kappa shape index (κ3) is 8.17. The molecule has 0 bridgehead atoms. The summed E-state index contributed by atoms with van der Waals surface area (Å²) in [4.78, 5) is 58.1. The molecule has 0 aromatic rings. The van der Waals surface area contributed by atoms with Gasteiger partial charge in [0.05, 0.1) is 56.9 Å². The van der Waals surface area contributed by atoms with Crippen LogP contribution in [-0.4, -0.2) is 167 Å². The number of methoxy groups -OCH3 is 1. The fraction of sp³-hybridized carbons (Fsp3) is 0.816. The van der Waals surface area contributed by atoms with E-state index in [9.17, 15) is 49.8 Å². The summed E-state index contributed by atoms with van der Waals surface area (Å²) in [6.07, 6.45) is -7.27. The molecule has 5 fully saturated rings. The average Bonchev–Trinajstić information content (AvgIpc) is 3.51. The molecule has 18 atom stereocenters. The van der Waals surface area contributed by atoms with Gasteiger partial charge in [-0.2, -0.15) is 0 Å². The zero-order valence-electron chi connectivity index (χ0n) is 32.8. The highest BCUT2D eigenvalue weighted by molar-refractivity contribution is 6.12. The smallest absolute Gasteiger partial charge is 0.340 e. The van der Waals surface area contributed by atoms with Crippen LogP contribution in [0.5, 0.6) is 0 Å². The minimum absolute atomic E-state index is 0.0336. The Morgan fingerprint density at radius 2 is 1.72 bits per heavy atom. The van der Waals surface area contributed by atoms with E-state index in [2.05, 4.69) is 10.3 Å². The summed E-state index contributed by atoms with van der Waals surface area (Å²) in [6, 6.07) is 0. The van der Waals surface area contributed by atoms with Gasteiger partial charge in [-0.1, -0.05) is 6.92 Å². The predicted molar refractivity (Wildman–Crippen MR) is 196 cm³/mol. The van der Waals surface area contributed by atoms with E-state index in [1.807, 2.05) is 12.2 Å². The highest BCUT2D eigenvalue weighted by atomic mass is 16.7. The number of nitrogens with two attached hydrogens (primary N) is 3. The third-order valence-corrected chi connectivity index (χ3v) is 14.1. The van der Waals surface area contributed by atoms with E-state index in [0.29, 0.717) is 25.8 Å². The highest BCUT2D eigenvalue weighted by Crippen LogP contribution is 2.52. The number of hydrogen-bond acceptors (Lipinski definition) is 14. The number of imide groups is 1. The van der Waals surface area contributed by atoms with E-state index < -0.39 is 121 Å². The number of guanidine groups is 1. The number of carbonyl (C=O) groups is 4. The first-order valence-electron chi connectivity index (χ1n) is 20.2. The van der Waals surface area contributed by atoms with E-state index in [-0.39, 0.29) is 55.7 Å². The molecule has 0 aromatic heterocycles. The van der Waals surface area contributed by atoms with Gasteiger partial charge in [-0.15, -0.1) is 0 Å². The molecule has 2 saturated heterocycles. The summed E-state index contributed by atoms with van der Waals surface area (Å²) in [5.74, 6) is -7.91. The standard InChI is InChI=1S/C38H60N6O13/c1-16-8-19-29(32(50)20(16)12-43-37(40)41-2)33(51)30-23(10-22(55-3)21(14-45)28(30)31(19)49)56-36-34(52)35(53)38(54,24(15-46)57-36)11-18(17-6-7-42-25(39)9-17)13-44-26(47)4-5-27(44)48/h4-5,16-25,28-30,32,34-36,42,45-46,50,52-54H,6-15,39H2,1-3H3,(H3,40,41,43)/p+2. The van der Waals surface area contributed by atoms with Crippen LogP contribution in [0.2, 0.25) is 0 Å². The fourth-order valence-corrected chi connectivity index (χ4v) is 10.9. The molecule has 3 saturated carbocycles.